The van der Waals surface area contributed by atoms with Gasteiger partial charge >= 0.3 is 0 Å². The number of methoxy groups -OCH3 is 2. The summed E-state index contributed by atoms with van der Waals surface area (Å²) in [5, 5.41) is 0. The number of anilines is 2. The SMILES string of the molecule is COc1cc(OC)cc(-c2nc(-c3ccc(N(C)C)cc3)c(-c3ccc(N(C)C)cc3)n2Cc2ccc(C(=O)CCCOCCOCCN)cc2)c1. The second-order valence-electron chi connectivity index (χ2n) is 12.9. The lowest BCUT2D eigenvalue weighted by Gasteiger charge is -2.17. The molecule has 0 unspecified atom stereocenters. The summed E-state index contributed by atoms with van der Waals surface area (Å²) in [6.07, 6.45) is 1.06. The number of hydrogen-bond donors (Lipinski definition) is 1. The van der Waals surface area contributed by atoms with Crippen LogP contribution in [0.4, 0.5) is 11.4 Å². The molecule has 0 radical (unpaired) electrons. The van der Waals surface area contributed by atoms with Crippen LogP contribution in [0, 0.1) is 0 Å². The van der Waals surface area contributed by atoms with Crippen molar-refractivity contribution in [3.05, 3.63) is 102 Å². The average molecular weight is 706 g/mol. The zero-order valence-corrected chi connectivity index (χ0v) is 31.2. The predicted molar refractivity (Wildman–Crippen MR) is 210 cm³/mol. The maximum Gasteiger partial charge on any atom is 0.162 e. The molecule has 0 aliphatic rings. The van der Waals surface area contributed by atoms with E-state index in [0.29, 0.717) is 69.4 Å². The average Bonchev–Trinajstić information content (AvgIpc) is 3.54. The largest absolute Gasteiger partial charge is 0.497 e. The molecule has 1 heterocycles. The lowest BCUT2D eigenvalue weighted by atomic mass is 10.0. The van der Waals surface area contributed by atoms with Crippen molar-refractivity contribution in [2.45, 2.75) is 19.4 Å². The smallest absolute Gasteiger partial charge is 0.162 e. The second kappa shape index (κ2) is 18.4. The van der Waals surface area contributed by atoms with Crippen molar-refractivity contribution in [1.29, 1.82) is 0 Å². The van der Waals surface area contributed by atoms with Crippen molar-refractivity contribution >= 4 is 17.2 Å². The molecule has 5 rings (SSSR count). The van der Waals surface area contributed by atoms with Crippen molar-refractivity contribution in [1.82, 2.24) is 9.55 Å². The molecule has 0 atom stereocenters. The Hall–Kier alpha value is -5.16. The first-order valence-electron chi connectivity index (χ1n) is 17.6. The number of rotatable bonds is 19. The first-order chi connectivity index (χ1) is 25.2. The number of aromatic nitrogens is 2. The monoisotopic (exact) mass is 705 g/mol. The first-order valence-corrected chi connectivity index (χ1v) is 17.6. The molecule has 4 aromatic carbocycles. The minimum absolute atomic E-state index is 0.0893. The molecule has 0 aliphatic heterocycles. The lowest BCUT2D eigenvalue weighted by molar-refractivity contribution is 0.0489. The van der Waals surface area contributed by atoms with Crippen molar-refractivity contribution in [2.75, 3.05) is 85.2 Å². The van der Waals surface area contributed by atoms with Gasteiger partial charge in [-0.25, -0.2) is 4.98 Å². The summed E-state index contributed by atoms with van der Waals surface area (Å²) in [7, 11) is 11.4. The molecule has 0 amide bonds. The molecule has 10 heteroatoms. The maximum absolute atomic E-state index is 13.0. The van der Waals surface area contributed by atoms with Gasteiger partial charge in [0.25, 0.3) is 0 Å². The fourth-order valence-electron chi connectivity index (χ4n) is 5.96. The molecule has 274 valence electrons. The fourth-order valence-corrected chi connectivity index (χ4v) is 5.96. The zero-order valence-electron chi connectivity index (χ0n) is 31.2. The van der Waals surface area contributed by atoms with Crippen molar-refractivity contribution in [3.63, 3.8) is 0 Å². The van der Waals surface area contributed by atoms with Crippen LogP contribution in [0.25, 0.3) is 33.9 Å². The fraction of sp³-hybridized carbons (Fsp3) is 0.333. The molecule has 0 bridgehead atoms. The molecule has 0 spiro atoms. The first kappa shape index (κ1) is 38.1. The van der Waals surface area contributed by atoms with E-state index in [-0.39, 0.29) is 5.78 Å². The highest BCUT2D eigenvalue weighted by atomic mass is 16.5. The summed E-state index contributed by atoms with van der Waals surface area (Å²) >= 11 is 0. The minimum atomic E-state index is 0.0893. The molecule has 0 fully saturated rings. The number of carbonyl (C=O) groups excluding carboxylic acids is 1. The van der Waals surface area contributed by atoms with E-state index in [4.69, 9.17) is 29.7 Å². The Morgan fingerprint density at radius 2 is 1.25 bits per heavy atom. The van der Waals surface area contributed by atoms with E-state index < -0.39 is 0 Å². The molecule has 52 heavy (non-hydrogen) atoms. The molecule has 5 aromatic rings. The van der Waals surface area contributed by atoms with Crippen LogP contribution in [-0.4, -0.2) is 90.7 Å². The number of benzene rings is 4. The Morgan fingerprint density at radius 1 is 0.692 bits per heavy atom. The Balaban J connectivity index is 1.53. The van der Waals surface area contributed by atoms with Gasteiger partial charge in [0.2, 0.25) is 0 Å². The summed E-state index contributed by atoms with van der Waals surface area (Å²) in [6, 6.07) is 30.7. The van der Waals surface area contributed by atoms with Gasteiger partial charge in [0.05, 0.1) is 45.4 Å². The highest BCUT2D eigenvalue weighted by molar-refractivity contribution is 5.96. The zero-order chi connectivity index (χ0) is 37.0. The third-order valence-electron chi connectivity index (χ3n) is 8.83. The van der Waals surface area contributed by atoms with E-state index >= 15 is 0 Å². The molecule has 10 nitrogen and oxygen atoms in total. The highest BCUT2D eigenvalue weighted by Gasteiger charge is 2.23. The number of hydrogen-bond acceptors (Lipinski definition) is 9. The maximum atomic E-state index is 13.0. The second-order valence-corrected chi connectivity index (χ2v) is 12.9. The number of Topliss-reactive ketones (excluding diaryl/α,β-unsaturated/α-hetero) is 1. The van der Waals surface area contributed by atoms with E-state index in [1.807, 2.05) is 70.7 Å². The van der Waals surface area contributed by atoms with Gasteiger partial charge in [0.15, 0.2) is 5.78 Å². The number of ether oxygens (including phenoxy) is 4. The van der Waals surface area contributed by atoms with Gasteiger partial charge in [-0.2, -0.15) is 0 Å². The third kappa shape index (κ3) is 9.58. The van der Waals surface area contributed by atoms with Crippen LogP contribution >= 0.6 is 0 Å². The van der Waals surface area contributed by atoms with Crippen molar-refractivity contribution < 1.29 is 23.7 Å². The third-order valence-corrected chi connectivity index (χ3v) is 8.83. The van der Waals surface area contributed by atoms with Crippen LogP contribution in [-0.2, 0) is 16.0 Å². The molecular weight excluding hydrogens is 654 g/mol. The Bertz CT molecular complexity index is 1860. The molecule has 2 N–H and O–H groups in total. The standard InChI is InChI=1S/C42H51N5O5/c1-45(2)35-17-13-32(14-18-35)40-41(33-15-19-36(20-16-33)46(3)4)47(42(44-40)34-26-37(49-5)28-38(27-34)50-6)29-30-9-11-31(12-10-30)39(48)8-7-22-51-24-25-52-23-21-43/h9-20,26-28H,7-8,21-25,29,43H2,1-6H3. The van der Waals surface area contributed by atoms with Gasteiger partial charge in [-0.3, -0.25) is 4.79 Å². The highest BCUT2D eigenvalue weighted by Crippen LogP contribution is 2.39. The van der Waals surface area contributed by atoms with E-state index in [2.05, 4.69) is 62.9 Å². The van der Waals surface area contributed by atoms with E-state index in [0.717, 1.165) is 50.8 Å². The normalized spacial score (nSPS) is 11.1. The Labute approximate surface area is 307 Å². The lowest BCUT2D eigenvalue weighted by Crippen LogP contribution is -2.12. The molecular formula is C42H51N5O5. The van der Waals surface area contributed by atoms with Crippen LogP contribution in [0.1, 0.15) is 28.8 Å². The van der Waals surface area contributed by atoms with Gasteiger partial charge in [-0.15, -0.1) is 0 Å². The summed E-state index contributed by atoms with van der Waals surface area (Å²) in [4.78, 5) is 22.6. The quantitative estimate of drug-likeness (QED) is 0.0716. The number of nitrogens with zero attached hydrogens (tertiary/aromatic N) is 4. The van der Waals surface area contributed by atoms with Gasteiger partial charge < -0.3 is 39.0 Å². The van der Waals surface area contributed by atoms with Gasteiger partial charge in [-0.05, 0) is 48.4 Å². The predicted octanol–water partition coefficient (Wildman–Crippen LogP) is 7.04. The topological polar surface area (TPSA) is 104 Å². The Kier molecular flexibility index (Phi) is 13.4. The minimum Gasteiger partial charge on any atom is -0.497 e. The van der Waals surface area contributed by atoms with Crippen LogP contribution in [0.5, 0.6) is 11.5 Å². The summed E-state index contributed by atoms with van der Waals surface area (Å²) < 4.78 is 24.5. The number of carbonyl (C=O) groups is 1. The summed E-state index contributed by atoms with van der Waals surface area (Å²) in [6.45, 7) is 3.03. The van der Waals surface area contributed by atoms with E-state index in [1.54, 1.807) is 14.2 Å². The van der Waals surface area contributed by atoms with E-state index in [9.17, 15) is 4.79 Å². The molecule has 0 aliphatic carbocycles. The number of nitrogens with two attached hydrogens (primary N) is 1. The van der Waals surface area contributed by atoms with Crippen LogP contribution in [0.3, 0.4) is 0 Å². The van der Waals surface area contributed by atoms with Crippen LogP contribution in [0.2, 0.25) is 0 Å². The van der Waals surface area contributed by atoms with Crippen LogP contribution < -0.4 is 25.0 Å². The number of imidazole rings is 1. The van der Waals surface area contributed by atoms with Crippen LogP contribution in [0.15, 0.2) is 91.0 Å². The summed E-state index contributed by atoms with van der Waals surface area (Å²) in [5.41, 5.74) is 14.1. The van der Waals surface area contributed by atoms with Crippen molar-refractivity contribution in [2.24, 2.45) is 5.73 Å². The van der Waals surface area contributed by atoms with Crippen molar-refractivity contribution in [3.8, 4) is 45.4 Å². The van der Waals surface area contributed by atoms with Gasteiger partial charge in [-0.1, -0.05) is 48.5 Å². The van der Waals surface area contributed by atoms with Gasteiger partial charge in [0.1, 0.15) is 17.3 Å². The van der Waals surface area contributed by atoms with E-state index in [1.165, 1.54) is 0 Å². The molecule has 0 saturated heterocycles. The molecule has 0 saturated carbocycles. The Morgan fingerprint density at radius 3 is 1.79 bits per heavy atom. The molecule has 1 aromatic heterocycles. The van der Waals surface area contributed by atoms with Gasteiger partial charge in [0, 0.05) is 94.0 Å². The number of ketones is 1. The summed E-state index contributed by atoms with van der Waals surface area (Å²) in [5.74, 6) is 2.20.